The lowest BCUT2D eigenvalue weighted by Gasteiger charge is -2.10. The minimum atomic E-state index is -1.02. The van der Waals surface area contributed by atoms with Crippen LogP contribution in [0.3, 0.4) is 0 Å². The Balaban J connectivity index is 1.48. The van der Waals surface area contributed by atoms with Gasteiger partial charge in [-0.15, -0.1) is 0 Å². The number of imidazole rings is 1. The van der Waals surface area contributed by atoms with E-state index < -0.39 is 12.1 Å². The number of rotatable bonds is 4. The summed E-state index contributed by atoms with van der Waals surface area (Å²) in [5.41, 5.74) is 4.96. The van der Waals surface area contributed by atoms with Gasteiger partial charge in [-0.05, 0) is 60.4 Å². The van der Waals surface area contributed by atoms with Crippen molar-refractivity contribution in [2.24, 2.45) is 5.92 Å². The van der Waals surface area contributed by atoms with Gasteiger partial charge >= 0.3 is 0 Å². The number of anilines is 1. The van der Waals surface area contributed by atoms with Crippen LogP contribution < -0.4 is 5.32 Å². The molecular formula is C21H18FN5O. The molecule has 1 aliphatic carbocycles. The fraction of sp³-hybridized carbons (Fsp3) is 0.190. The van der Waals surface area contributed by atoms with Gasteiger partial charge in [0.2, 0.25) is 5.91 Å². The number of fused-ring (bicyclic) bond motifs is 1. The third-order valence-electron chi connectivity index (χ3n) is 5.05. The highest BCUT2D eigenvalue weighted by atomic mass is 19.1. The van der Waals surface area contributed by atoms with E-state index in [1.807, 2.05) is 45.7 Å². The van der Waals surface area contributed by atoms with Crippen molar-refractivity contribution in [3.05, 3.63) is 66.7 Å². The van der Waals surface area contributed by atoms with Crippen LogP contribution in [0.5, 0.6) is 0 Å². The molecular weight excluding hydrogens is 357 g/mol. The average molecular weight is 375 g/mol. The molecule has 0 aliphatic heterocycles. The van der Waals surface area contributed by atoms with Crippen LogP contribution in [0.15, 0.2) is 61.2 Å². The summed E-state index contributed by atoms with van der Waals surface area (Å²) in [5.74, 6) is -0.407. The van der Waals surface area contributed by atoms with Crippen molar-refractivity contribution < 1.29 is 9.18 Å². The van der Waals surface area contributed by atoms with E-state index in [0.717, 1.165) is 22.4 Å². The molecule has 0 saturated heterocycles. The topological polar surface area (TPSA) is 64.2 Å². The Kier molecular flexibility index (Phi) is 3.75. The van der Waals surface area contributed by atoms with Gasteiger partial charge in [-0.2, -0.15) is 5.10 Å². The third kappa shape index (κ3) is 2.94. The number of nitrogens with zero attached hydrogens (tertiary/aromatic N) is 4. The van der Waals surface area contributed by atoms with Crippen molar-refractivity contribution in [1.82, 2.24) is 19.2 Å². The number of carbonyl (C=O) groups is 1. The lowest BCUT2D eigenvalue weighted by atomic mass is 10.0. The second-order valence-corrected chi connectivity index (χ2v) is 7.11. The number of aryl methyl sites for hydroxylation is 1. The van der Waals surface area contributed by atoms with Gasteiger partial charge in [0.15, 0.2) is 5.82 Å². The molecule has 3 aromatic heterocycles. The summed E-state index contributed by atoms with van der Waals surface area (Å²) in [4.78, 5) is 16.3. The first-order chi connectivity index (χ1) is 13.6. The molecule has 6 nitrogen and oxygen atoms in total. The summed E-state index contributed by atoms with van der Waals surface area (Å²) in [5, 5.41) is 6.99. The van der Waals surface area contributed by atoms with Crippen LogP contribution in [0.4, 0.5) is 10.2 Å². The van der Waals surface area contributed by atoms with Crippen molar-refractivity contribution in [3.63, 3.8) is 0 Å². The van der Waals surface area contributed by atoms with Gasteiger partial charge in [0.25, 0.3) is 0 Å². The highest BCUT2D eigenvalue weighted by Crippen LogP contribution is 2.34. The fourth-order valence-electron chi connectivity index (χ4n) is 3.35. The number of aromatic nitrogens is 4. The van der Waals surface area contributed by atoms with Gasteiger partial charge in [-0.3, -0.25) is 4.79 Å². The molecule has 0 bridgehead atoms. The van der Waals surface area contributed by atoms with Crippen molar-refractivity contribution in [1.29, 1.82) is 0 Å². The normalized spacial score (nSPS) is 18.4. The molecule has 3 heterocycles. The molecule has 1 aromatic carbocycles. The number of hydrogen-bond donors (Lipinski definition) is 1. The lowest BCUT2D eigenvalue weighted by molar-refractivity contribution is -0.117. The molecule has 5 rings (SSSR count). The Morgan fingerprint density at radius 3 is 2.86 bits per heavy atom. The molecule has 0 spiro atoms. The fourth-order valence-corrected chi connectivity index (χ4v) is 3.35. The Hall–Kier alpha value is -3.48. The predicted molar refractivity (Wildman–Crippen MR) is 104 cm³/mol. The molecule has 1 fully saturated rings. The largest absolute Gasteiger partial charge is 0.309 e. The number of amides is 1. The molecule has 1 aliphatic rings. The maximum atomic E-state index is 13.1. The van der Waals surface area contributed by atoms with Crippen LogP contribution in [0, 0.1) is 12.8 Å². The summed E-state index contributed by atoms with van der Waals surface area (Å²) in [6.45, 7) is 2.06. The Morgan fingerprint density at radius 2 is 2.11 bits per heavy atom. The van der Waals surface area contributed by atoms with Crippen molar-refractivity contribution in [2.45, 2.75) is 19.5 Å². The van der Waals surface area contributed by atoms with E-state index in [-0.39, 0.29) is 5.91 Å². The van der Waals surface area contributed by atoms with Crippen molar-refractivity contribution >= 4 is 17.4 Å². The van der Waals surface area contributed by atoms with E-state index in [1.54, 1.807) is 12.4 Å². The zero-order valence-electron chi connectivity index (χ0n) is 15.2. The number of nitrogens with one attached hydrogen (secondary N) is 1. The van der Waals surface area contributed by atoms with Gasteiger partial charge < -0.3 is 9.72 Å². The monoisotopic (exact) mass is 375 g/mol. The maximum absolute atomic E-state index is 13.1. The number of benzene rings is 1. The summed E-state index contributed by atoms with van der Waals surface area (Å²) >= 11 is 0. The van der Waals surface area contributed by atoms with Gasteiger partial charge in [0, 0.05) is 18.6 Å². The van der Waals surface area contributed by atoms with E-state index in [0.29, 0.717) is 17.9 Å². The molecule has 1 amide bonds. The molecule has 140 valence electrons. The standard InChI is InChI=1S/C21H18FN5O/c1-13-3-5-15(27-8-2-7-23-27)9-16(13)14-4-6-20-24-19(12-26(20)11-14)25-21(28)17-10-18(17)22/h2-9,11-12,17-18H,10H2,1H3,(H,25,28). The second kappa shape index (κ2) is 6.30. The first-order valence-corrected chi connectivity index (χ1v) is 9.13. The molecule has 1 N–H and O–H groups in total. The van der Waals surface area contributed by atoms with Gasteiger partial charge in [-0.25, -0.2) is 14.1 Å². The number of carbonyl (C=O) groups excluding carboxylic acids is 1. The van der Waals surface area contributed by atoms with Crippen LogP contribution in [0.25, 0.3) is 22.5 Å². The van der Waals surface area contributed by atoms with Crippen LogP contribution in [0.1, 0.15) is 12.0 Å². The Morgan fingerprint density at radius 1 is 1.25 bits per heavy atom. The second-order valence-electron chi connectivity index (χ2n) is 7.11. The van der Waals surface area contributed by atoms with Gasteiger partial charge in [-0.1, -0.05) is 6.07 Å². The Labute approximate surface area is 160 Å². The van der Waals surface area contributed by atoms with E-state index in [9.17, 15) is 9.18 Å². The SMILES string of the molecule is Cc1ccc(-n2cccn2)cc1-c1ccc2nc(NC(=O)C3CC3F)cn2c1. The molecule has 1 saturated carbocycles. The number of pyridine rings is 1. The Bertz CT molecular complexity index is 1180. The number of halogens is 1. The van der Waals surface area contributed by atoms with Crippen LogP contribution >= 0.6 is 0 Å². The highest BCUT2D eigenvalue weighted by Gasteiger charge is 2.43. The zero-order valence-corrected chi connectivity index (χ0v) is 15.2. The van der Waals surface area contributed by atoms with Crippen LogP contribution in [-0.4, -0.2) is 31.2 Å². The summed E-state index contributed by atoms with van der Waals surface area (Å²) < 4.78 is 16.7. The minimum absolute atomic E-state index is 0.301. The molecule has 4 aromatic rings. The lowest BCUT2D eigenvalue weighted by Crippen LogP contribution is -2.15. The first-order valence-electron chi connectivity index (χ1n) is 9.13. The summed E-state index contributed by atoms with van der Waals surface area (Å²) in [6.07, 6.45) is 6.66. The average Bonchev–Trinajstić information content (AvgIpc) is 3.09. The predicted octanol–water partition coefficient (Wildman–Crippen LogP) is 3.79. The van der Waals surface area contributed by atoms with Crippen molar-refractivity contribution in [3.8, 4) is 16.8 Å². The highest BCUT2D eigenvalue weighted by molar-refractivity contribution is 5.94. The minimum Gasteiger partial charge on any atom is -0.309 e. The van der Waals surface area contributed by atoms with E-state index in [1.165, 1.54) is 0 Å². The van der Waals surface area contributed by atoms with Gasteiger partial charge in [0.05, 0.1) is 17.8 Å². The molecule has 0 radical (unpaired) electrons. The molecule has 2 atom stereocenters. The quantitative estimate of drug-likeness (QED) is 0.590. The zero-order chi connectivity index (χ0) is 19.3. The van der Waals surface area contributed by atoms with E-state index in [2.05, 4.69) is 34.5 Å². The third-order valence-corrected chi connectivity index (χ3v) is 5.05. The summed E-state index contributed by atoms with van der Waals surface area (Å²) in [6, 6.07) is 12.0. The van der Waals surface area contributed by atoms with Crippen molar-refractivity contribution in [2.75, 3.05) is 5.32 Å². The molecule has 28 heavy (non-hydrogen) atoms. The van der Waals surface area contributed by atoms with Crippen LogP contribution in [-0.2, 0) is 4.79 Å². The van der Waals surface area contributed by atoms with E-state index >= 15 is 0 Å². The number of alkyl halides is 1. The smallest absolute Gasteiger partial charge is 0.231 e. The molecule has 7 heteroatoms. The summed E-state index contributed by atoms with van der Waals surface area (Å²) in [7, 11) is 0. The molecule has 2 unspecified atom stereocenters. The van der Waals surface area contributed by atoms with E-state index in [4.69, 9.17) is 0 Å². The van der Waals surface area contributed by atoms with Gasteiger partial charge in [0.1, 0.15) is 11.8 Å². The number of hydrogen-bond acceptors (Lipinski definition) is 3. The first kappa shape index (κ1) is 16.7. The van der Waals surface area contributed by atoms with Crippen LogP contribution in [0.2, 0.25) is 0 Å². The maximum Gasteiger partial charge on any atom is 0.231 e.